The van der Waals surface area contributed by atoms with Crippen molar-refractivity contribution in [2.75, 3.05) is 5.01 Å². The lowest BCUT2D eigenvalue weighted by Crippen LogP contribution is -2.52. The van der Waals surface area contributed by atoms with E-state index in [1.54, 1.807) is 18.2 Å². The summed E-state index contributed by atoms with van der Waals surface area (Å²) in [5.74, 6) is -2.00. The van der Waals surface area contributed by atoms with E-state index in [0.29, 0.717) is 5.56 Å². The molecule has 23 heavy (non-hydrogen) atoms. The summed E-state index contributed by atoms with van der Waals surface area (Å²) in [7, 11) is 0. The average Bonchev–Trinajstić information content (AvgIpc) is 2.80. The fraction of sp³-hybridized carbons (Fsp3) is 0.118. The van der Waals surface area contributed by atoms with Crippen LogP contribution in [-0.4, -0.2) is 22.7 Å². The number of imide groups is 1. The number of carbonyl (C=O) groups is 3. The SMILES string of the molecule is O=C1c2ccccc2C(=O)N1N1C(=O)CCc2c(F)cccc21. The Labute approximate surface area is 130 Å². The number of rotatable bonds is 1. The van der Waals surface area contributed by atoms with Crippen molar-refractivity contribution in [1.82, 2.24) is 5.01 Å². The van der Waals surface area contributed by atoms with Gasteiger partial charge in [-0.1, -0.05) is 18.2 Å². The highest BCUT2D eigenvalue weighted by molar-refractivity contribution is 6.24. The Morgan fingerprint density at radius 1 is 0.783 bits per heavy atom. The maximum Gasteiger partial charge on any atom is 0.281 e. The first-order valence-electron chi connectivity index (χ1n) is 7.17. The lowest BCUT2D eigenvalue weighted by Gasteiger charge is -2.34. The molecule has 6 heteroatoms. The highest BCUT2D eigenvalue weighted by Gasteiger charge is 2.43. The molecule has 114 valence electrons. The highest BCUT2D eigenvalue weighted by Crippen LogP contribution is 2.34. The van der Waals surface area contributed by atoms with E-state index >= 15 is 0 Å². The minimum Gasteiger partial charge on any atom is -0.273 e. The van der Waals surface area contributed by atoms with Crippen molar-refractivity contribution in [3.63, 3.8) is 0 Å². The standard InChI is InChI=1S/C17H11FN2O3/c18-13-6-3-7-14-12(13)8-9-15(21)19(14)20-16(22)10-4-1-2-5-11(10)17(20)23/h1-7H,8-9H2. The van der Waals surface area contributed by atoms with E-state index in [2.05, 4.69) is 0 Å². The quantitative estimate of drug-likeness (QED) is 0.760. The predicted octanol–water partition coefficient (Wildman–Crippen LogP) is 2.32. The monoisotopic (exact) mass is 310 g/mol. The molecule has 0 fully saturated rings. The number of benzene rings is 2. The van der Waals surface area contributed by atoms with E-state index in [1.165, 1.54) is 24.3 Å². The number of fused-ring (bicyclic) bond motifs is 2. The fourth-order valence-electron chi connectivity index (χ4n) is 3.04. The summed E-state index contributed by atoms with van der Waals surface area (Å²) in [5.41, 5.74) is 1.07. The molecule has 0 aromatic heterocycles. The number of hydrazine groups is 1. The molecule has 0 bridgehead atoms. The van der Waals surface area contributed by atoms with Crippen molar-refractivity contribution in [2.24, 2.45) is 0 Å². The van der Waals surface area contributed by atoms with Crippen LogP contribution in [0, 0.1) is 5.82 Å². The normalized spacial score (nSPS) is 16.7. The van der Waals surface area contributed by atoms with E-state index in [-0.39, 0.29) is 29.7 Å². The Balaban J connectivity index is 1.87. The topological polar surface area (TPSA) is 57.7 Å². The number of amides is 3. The van der Waals surface area contributed by atoms with E-state index in [4.69, 9.17) is 0 Å². The van der Waals surface area contributed by atoms with Crippen molar-refractivity contribution < 1.29 is 18.8 Å². The second kappa shape index (κ2) is 4.74. The number of hydrogen-bond acceptors (Lipinski definition) is 3. The summed E-state index contributed by atoms with van der Waals surface area (Å²) in [6.45, 7) is 0. The third-order valence-electron chi connectivity index (χ3n) is 4.12. The molecule has 4 rings (SSSR count). The summed E-state index contributed by atoms with van der Waals surface area (Å²) in [4.78, 5) is 37.5. The maximum atomic E-state index is 14.0. The van der Waals surface area contributed by atoms with Crippen molar-refractivity contribution in [1.29, 1.82) is 0 Å². The van der Waals surface area contributed by atoms with Crippen LogP contribution in [0.2, 0.25) is 0 Å². The van der Waals surface area contributed by atoms with Crippen LogP contribution >= 0.6 is 0 Å². The van der Waals surface area contributed by atoms with Gasteiger partial charge in [0.2, 0.25) is 5.91 Å². The van der Waals surface area contributed by atoms with Crippen molar-refractivity contribution in [3.05, 3.63) is 65.0 Å². The van der Waals surface area contributed by atoms with Gasteiger partial charge < -0.3 is 0 Å². The van der Waals surface area contributed by atoms with E-state index in [1.807, 2.05) is 0 Å². The molecule has 2 aliphatic heterocycles. The zero-order valence-corrected chi connectivity index (χ0v) is 12.0. The number of hydrogen-bond donors (Lipinski definition) is 0. The summed E-state index contributed by atoms with van der Waals surface area (Å²) < 4.78 is 14.0. The van der Waals surface area contributed by atoms with Gasteiger partial charge in [-0.25, -0.2) is 9.40 Å². The zero-order valence-electron chi connectivity index (χ0n) is 12.0. The zero-order chi connectivity index (χ0) is 16.1. The van der Waals surface area contributed by atoms with Crippen LogP contribution in [-0.2, 0) is 11.2 Å². The largest absolute Gasteiger partial charge is 0.281 e. The minimum atomic E-state index is -0.573. The van der Waals surface area contributed by atoms with Gasteiger partial charge in [-0.15, -0.1) is 0 Å². The molecule has 0 spiro atoms. The molecule has 2 heterocycles. The van der Waals surface area contributed by atoms with E-state index in [0.717, 1.165) is 10.0 Å². The predicted molar refractivity (Wildman–Crippen MR) is 79.1 cm³/mol. The van der Waals surface area contributed by atoms with E-state index < -0.39 is 23.5 Å². The first-order chi connectivity index (χ1) is 11.1. The van der Waals surface area contributed by atoms with Crippen molar-refractivity contribution in [3.8, 4) is 0 Å². The van der Waals surface area contributed by atoms with Crippen LogP contribution in [0.4, 0.5) is 10.1 Å². The van der Waals surface area contributed by atoms with Gasteiger partial charge in [0.05, 0.1) is 16.8 Å². The molecule has 0 saturated heterocycles. The minimum absolute atomic E-state index is 0.0430. The van der Waals surface area contributed by atoms with Crippen LogP contribution in [0.5, 0.6) is 0 Å². The van der Waals surface area contributed by atoms with Gasteiger partial charge in [-0.3, -0.25) is 14.4 Å². The molecule has 0 aliphatic carbocycles. The Bertz CT molecular complexity index is 843. The van der Waals surface area contributed by atoms with E-state index in [9.17, 15) is 18.8 Å². The first kappa shape index (κ1) is 13.6. The van der Waals surface area contributed by atoms with Gasteiger partial charge in [-0.2, -0.15) is 5.01 Å². The lowest BCUT2D eigenvalue weighted by atomic mass is 10.0. The Kier molecular flexibility index (Phi) is 2.81. The summed E-state index contributed by atoms with van der Waals surface area (Å²) in [6, 6.07) is 10.7. The van der Waals surface area contributed by atoms with Crippen molar-refractivity contribution in [2.45, 2.75) is 12.8 Å². The molecule has 3 amide bonds. The molecule has 0 N–H and O–H groups in total. The lowest BCUT2D eigenvalue weighted by molar-refractivity contribution is -0.121. The van der Waals surface area contributed by atoms with Crippen molar-refractivity contribution >= 4 is 23.4 Å². The third-order valence-corrected chi connectivity index (χ3v) is 4.12. The molecular weight excluding hydrogens is 299 g/mol. The molecular formula is C17H11FN2O3. The molecule has 0 atom stereocenters. The van der Waals surface area contributed by atoms with Gasteiger partial charge in [-0.05, 0) is 30.7 Å². The Morgan fingerprint density at radius 3 is 2.09 bits per heavy atom. The van der Waals surface area contributed by atoms with Crippen LogP contribution in [0.25, 0.3) is 0 Å². The van der Waals surface area contributed by atoms with Crippen LogP contribution < -0.4 is 5.01 Å². The smallest absolute Gasteiger partial charge is 0.273 e. The fourth-order valence-corrected chi connectivity index (χ4v) is 3.04. The molecule has 0 radical (unpaired) electrons. The van der Waals surface area contributed by atoms with Gasteiger partial charge in [0.25, 0.3) is 11.8 Å². The molecule has 2 aromatic rings. The second-order valence-electron chi connectivity index (χ2n) is 5.41. The van der Waals surface area contributed by atoms with Gasteiger partial charge in [0.1, 0.15) is 5.82 Å². The summed E-state index contributed by atoms with van der Waals surface area (Å²) >= 11 is 0. The Hall–Kier alpha value is -3.02. The van der Waals surface area contributed by atoms with Crippen LogP contribution in [0.15, 0.2) is 42.5 Å². The molecule has 2 aliphatic rings. The third kappa shape index (κ3) is 1.81. The maximum absolute atomic E-state index is 14.0. The number of anilines is 1. The van der Waals surface area contributed by atoms with Gasteiger partial charge in [0.15, 0.2) is 0 Å². The number of carbonyl (C=O) groups excluding carboxylic acids is 3. The summed E-state index contributed by atoms with van der Waals surface area (Å²) in [6.07, 6.45) is 0.293. The van der Waals surface area contributed by atoms with Crippen LogP contribution in [0.3, 0.4) is 0 Å². The molecule has 5 nitrogen and oxygen atoms in total. The van der Waals surface area contributed by atoms with Gasteiger partial charge >= 0.3 is 0 Å². The number of halogens is 1. The molecule has 2 aromatic carbocycles. The molecule has 0 saturated carbocycles. The first-order valence-corrected chi connectivity index (χ1v) is 7.17. The summed E-state index contributed by atoms with van der Waals surface area (Å²) in [5, 5.41) is 1.82. The second-order valence-corrected chi connectivity index (χ2v) is 5.41. The average molecular weight is 310 g/mol. The molecule has 0 unspecified atom stereocenters. The highest BCUT2D eigenvalue weighted by atomic mass is 19.1. The number of nitrogens with zero attached hydrogens (tertiary/aromatic N) is 2. The van der Waals surface area contributed by atoms with Crippen LogP contribution in [0.1, 0.15) is 32.7 Å². The van der Waals surface area contributed by atoms with Gasteiger partial charge in [0, 0.05) is 12.0 Å². The Morgan fingerprint density at radius 2 is 1.43 bits per heavy atom.